The number of hydrogen-bond donors (Lipinski definition) is 1. The maximum atomic E-state index is 14.5. The monoisotopic (exact) mass is 533 g/mol. The summed E-state index contributed by atoms with van der Waals surface area (Å²) < 4.78 is -0.678. The van der Waals surface area contributed by atoms with E-state index in [4.69, 9.17) is 0 Å². The number of nitrogens with zero attached hydrogens (tertiary/aromatic N) is 3. The minimum Gasteiger partial charge on any atom is -0.394 e. The van der Waals surface area contributed by atoms with Crippen LogP contribution in [-0.4, -0.2) is 92.9 Å². The van der Waals surface area contributed by atoms with Gasteiger partial charge in [0.2, 0.25) is 17.7 Å². The lowest BCUT2D eigenvalue weighted by Gasteiger charge is -2.42. The lowest BCUT2D eigenvalue weighted by molar-refractivity contribution is -0.147. The highest BCUT2D eigenvalue weighted by atomic mass is 32.2. The number of thioether (sulfide) groups is 1. The molecule has 208 valence electrons. The average molecular weight is 534 g/mol. The van der Waals surface area contributed by atoms with Crippen LogP contribution in [0.25, 0.3) is 0 Å². The van der Waals surface area contributed by atoms with Crippen LogP contribution < -0.4 is 0 Å². The molecule has 7 atom stereocenters. The van der Waals surface area contributed by atoms with E-state index < -0.39 is 28.7 Å². The van der Waals surface area contributed by atoms with Gasteiger partial charge in [-0.1, -0.05) is 52.7 Å². The van der Waals surface area contributed by atoms with E-state index in [0.29, 0.717) is 26.1 Å². The first kappa shape index (κ1) is 29.8. The summed E-state index contributed by atoms with van der Waals surface area (Å²) in [7, 11) is 1.76. The van der Waals surface area contributed by atoms with Crippen LogP contribution in [0.1, 0.15) is 59.8 Å². The third kappa shape index (κ3) is 5.25. The molecule has 3 amide bonds. The Balaban J connectivity index is 2.11. The van der Waals surface area contributed by atoms with E-state index in [0.717, 1.165) is 25.7 Å². The van der Waals surface area contributed by atoms with Gasteiger partial charge in [-0.15, -0.1) is 24.9 Å². The molecule has 0 aromatic rings. The second kappa shape index (κ2) is 12.4. The van der Waals surface area contributed by atoms with Crippen LogP contribution in [0.2, 0.25) is 0 Å². The van der Waals surface area contributed by atoms with Crippen LogP contribution in [-0.2, 0) is 14.4 Å². The highest BCUT2D eigenvalue weighted by Gasteiger charge is 2.76. The van der Waals surface area contributed by atoms with E-state index in [1.54, 1.807) is 40.8 Å². The van der Waals surface area contributed by atoms with Gasteiger partial charge in [0.25, 0.3) is 0 Å². The zero-order chi connectivity index (χ0) is 27.5. The maximum Gasteiger partial charge on any atom is 0.247 e. The van der Waals surface area contributed by atoms with Gasteiger partial charge in [0, 0.05) is 31.9 Å². The predicted molar refractivity (Wildman–Crippen MR) is 150 cm³/mol. The van der Waals surface area contributed by atoms with Crippen LogP contribution in [0, 0.1) is 23.7 Å². The summed E-state index contributed by atoms with van der Waals surface area (Å²) in [6.45, 7) is 17.3. The Bertz CT molecular complexity index is 879. The van der Waals surface area contributed by atoms with Crippen LogP contribution in [0.3, 0.4) is 0 Å². The van der Waals surface area contributed by atoms with E-state index in [-0.39, 0.29) is 41.4 Å². The van der Waals surface area contributed by atoms with Crippen molar-refractivity contribution in [2.24, 2.45) is 23.7 Å². The van der Waals surface area contributed by atoms with Crippen molar-refractivity contribution in [2.75, 3.05) is 33.3 Å². The van der Waals surface area contributed by atoms with Crippen LogP contribution >= 0.6 is 11.8 Å². The Kier molecular flexibility index (Phi) is 9.95. The molecule has 3 aliphatic heterocycles. The zero-order valence-electron chi connectivity index (χ0n) is 23.4. The fourth-order valence-electron chi connectivity index (χ4n) is 6.95. The third-order valence-corrected chi connectivity index (χ3v) is 10.6. The largest absolute Gasteiger partial charge is 0.394 e. The number of aliphatic hydroxyl groups excluding tert-OH is 1. The van der Waals surface area contributed by atoms with Gasteiger partial charge in [0.05, 0.1) is 29.2 Å². The van der Waals surface area contributed by atoms with Gasteiger partial charge in [-0.3, -0.25) is 14.4 Å². The van der Waals surface area contributed by atoms with Crippen LogP contribution in [0.15, 0.2) is 25.3 Å². The number of carbonyl (C=O) groups excluding carboxylic acids is 3. The molecule has 2 bridgehead atoms. The first-order valence-corrected chi connectivity index (χ1v) is 14.8. The van der Waals surface area contributed by atoms with Crippen molar-refractivity contribution in [1.29, 1.82) is 0 Å². The lowest BCUT2D eigenvalue weighted by atomic mass is 9.65. The van der Waals surface area contributed by atoms with E-state index in [1.807, 2.05) is 4.90 Å². The van der Waals surface area contributed by atoms with E-state index >= 15 is 0 Å². The quantitative estimate of drug-likeness (QED) is 0.273. The molecule has 37 heavy (non-hydrogen) atoms. The molecule has 3 heterocycles. The zero-order valence-corrected chi connectivity index (χ0v) is 24.2. The van der Waals surface area contributed by atoms with Crippen molar-refractivity contribution in [3.63, 3.8) is 0 Å². The molecule has 3 rings (SSSR count). The lowest BCUT2D eigenvalue weighted by Crippen LogP contribution is -2.59. The fraction of sp³-hybridized carbons (Fsp3) is 0.759. The van der Waals surface area contributed by atoms with Crippen LogP contribution in [0.4, 0.5) is 0 Å². The minimum absolute atomic E-state index is 0.00628. The molecule has 1 N–H and O–H groups in total. The number of fused-ring (bicyclic) bond motifs is 1. The second-order valence-corrected chi connectivity index (χ2v) is 13.1. The van der Waals surface area contributed by atoms with Gasteiger partial charge >= 0.3 is 0 Å². The molecule has 3 fully saturated rings. The van der Waals surface area contributed by atoms with E-state index in [1.165, 1.54) is 0 Å². The number of likely N-dealkylation sites (tertiary alicyclic amines) is 1. The Hall–Kier alpha value is -1.80. The van der Waals surface area contributed by atoms with Gasteiger partial charge in [0.1, 0.15) is 6.04 Å². The smallest absolute Gasteiger partial charge is 0.247 e. The molecule has 0 aliphatic carbocycles. The number of rotatable bonds is 14. The number of carbonyl (C=O) groups is 3. The van der Waals surface area contributed by atoms with Crippen molar-refractivity contribution >= 4 is 29.5 Å². The first-order chi connectivity index (χ1) is 17.6. The number of aliphatic hydroxyl groups is 1. The Labute approximate surface area is 227 Å². The van der Waals surface area contributed by atoms with Gasteiger partial charge < -0.3 is 19.8 Å². The highest BCUT2D eigenvalue weighted by molar-refractivity contribution is 8.02. The van der Waals surface area contributed by atoms with E-state index in [9.17, 15) is 19.5 Å². The predicted octanol–water partition coefficient (Wildman–Crippen LogP) is 3.58. The first-order valence-electron chi connectivity index (χ1n) is 14.0. The SMILES string of the molecule is C=CCN(C)C(=O)[C@@H]1[C@@H]2CC(C)C3(S2)C(C(=O)N(CC=C)CCCCC)N([C@@H](CO)CC(C)C)C(=O)[C@H]13. The fourth-order valence-corrected chi connectivity index (χ4v) is 9.34. The second-order valence-electron chi connectivity index (χ2n) is 11.6. The Morgan fingerprint density at radius 1 is 1.22 bits per heavy atom. The summed E-state index contributed by atoms with van der Waals surface area (Å²) >= 11 is 1.69. The van der Waals surface area contributed by atoms with Crippen molar-refractivity contribution < 1.29 is 19.5 Å². The molecular formula is C29H47N3O4S. The summed E-state index contributed by atoms with van der Waals surface area (Å²) in [5, 5.41) is 10.5. The van der Waals surface area contributed by atoms with Crippen molar-refractivity contribution in [3.05, 3.63) is 25.3 Å². The summed E-state index contributed by atoms with van der Waals surface area (Å²) in [4.78, 5) is 47.7. The van der Waals surface area contributed by atoms with Crippen molar-refractivity contribution in [3.8, 4) is 0 Å². The average Bonchev–Trinajstić information content (AvgIpc) is 3.45. The van der Waals surface area contributed by atoms with Gasteiger partial charge in [-0.2, -0.15) is 0 Å². The maximum absolute atomic E-state index is 14.5. The molecule has 3 aliphatic rings. The molecular weight excluding hydrogens is 486 g/mol. The minimum atomic E-state index is -0.699. The Morgan fingerprint density at radius 3 is 2.46 bits per heavy atom. The molecule has 0 aromatic heterocycles. The van der Waals surface area contributed by atoms with Gasteiger partial charge in [-0.25, -0.2) is 0 Å². The Morgan fingerprint density at radius 2 is 1.89 bits per heavy atom. The van der Waals surface area contributed by atoms with Gasteiger partial charge in [0.15, 0.2) is 0 Å². The number of hydrogen-bond acceptors (Lipinski definition) is 5. The summed E-state index contributed by atoms with van der Waals surface area (Å²) in [6.07, 6.45) is 7.80. The van der Waals surface area contributed by atoms with Crippen molar-refractivity contribution in [1.82, 2.24) is 14.7 Å². The number of likely N-dealkylation sites (N-methyl/N-ethyl adjacent to an activating group) is 1. The highest BCUT2D eigenvalue weighted by Crippen LogP contribution is 2.69. The van der Waals surface area contributed by atoms with Crippen molar-refractivity contribution in [2.45, 2.75) is 81.9 Å². The molecule has 3 saturated heterocycles. The number of amides is 3. The van der Waals surface area contributed by atoms with Crippen LogP contribution in [0.5, 0.6) is 0 Å². The molecule has 3 unspecified atom stereocenters. The molecule has 0 saturated carbocycles. The summed E-state index contributed by atoms with van der Waals surface area (Å²) in [6, 6.07) is -1.16. The van der Waals surface area contributed by atoms with E-state index in [2.05, 4.69) is 40.9 Å². The summed E-state index contributed by atoms with van der Waals surface area (Å²) in [5.74, 6) is -0.951. The third-order valence-electron chi connectivity index (χ3n) is 8.52. The topological polar surface area (TPSA) is 81.2 Å². The van der Waals surface area contributed by atoms with Gasteiger partial charge in [-0.05, 0) is 31.1 Å². The number of unbranched alkanes of at least 4 members (excludes halogenated alkanes) is 2. The summed E-state index contributed by atoms with van der Waals surface area (Å²) in [5.41, 5.74) is 0. The molecule has 0 radical (unpaired) electrons. The standard InChI is InChI=1S/C29H47N3O4S/c1-8-11-12-15-31(14-10-3)28(36)25-29-20(6)17-22(37-29)23(26(34)30(7)13-9-2)24(29)27(35)32(25)21(18-33)16-19(4)5/h9-10,19-25,33H,2-3,8,11-18H2,1,4-7H3/t20?,21-,22+,23-,24+,25?,29?/m1/s1. The molecule has 7 nitrogen and oxygen atoms in total. The molecule has 0 aromatic carbocycles. The molecule has 8 heteroatoms. The normalized spacial score (nSPS) is 30.9. The molecule has 1 spiro atoms.